The third kappa shape index (κ3) is 24.6. The lowest BCUT2D eigenvalue weighted by molar-refractivity contribution is -0.142. The van der Waals surface area contributed by atoms with E-state index in [1.165, 1.54) is 0 Å². The van der Waals surface area contributed by atoms with E-state index in [4.69, 9.17) is 50.3 Å². The van der Waals surface area contributed by atoms with Crippen LogP contribution in [0.3, 0.4) is 0 Å². The molecule has 0 unspecified atom stereocenters. The van der Waals surface area contributed by atoms with Crippen molar-refractivity contribution in [3.05, 3.63) is 0 Å². The number of aliphatic hydroxyl groups excluding tert-OH is 2. The van der Waals surface area contributed by atoms with Crippen LogP contribution in [-0.2, 0) is 33.6 Å². The summed E-state index contributed by atoms with van der Waals surface area (Å²) in [5.74, 6) is -8.98. The number of guanidine groups is 4. The molecule has 0 saturated carbocycles. The average molecular weight is 916 g/mol. The van der Waals surface area contributed by atoms with Gasteiger partial charge in [-0.15, -0.1) is 0 Å². The molecule has 364 valence electrons. The molecule has 0 radical (unpaired) electrons. The molecule has 29 heteroatoms. The number of carboxylic acid groups (broad SMARTS) is 1. The minimum Gasteiger partial charge on any atom is -0.480 e. The summed E-state index contributed by atoms with van der Waals surface area (Å²) in [6.07, 6.45) is 0.477. The highest BCUT2D eigenvalue weighted by Crippen LogP contribution is 2.07. The topological polar surface area (TPSA) is 526 Å². The lowest BCUT2D eigenvalue weighted by atomic mass is 10.0. The van der Waals surface area contributed by atoms with Crippen LogP contribution in [0.25, 0.3) is 0 Å². The van der Waals surface area contributed by atoms with Gasteiger partial charge in [0, 0.05) is 26.2 Å². The minimum absolute atomic E-state index is 0.0504. The number of hydrogen-bond acceptors (Lipinski definition) is 14. The predicted octanol–water partition coefficient (Wildman–Crippen LogP) is -8.00. The zero-order valence-electron chi connectivity index (χ0n) is 36.1. The Balaban J connectivity index is 6.24. The number of hydrogen-bond donors (Lipinski definition) is 22. The lowest BCUT2D eigenvalue weighted by Crippen LogP contribution is -2.61. The molecule has 0 aliphatic heterocycles. The van der Waals surface area contributed by atoms with Gasteiger partial charge in [-0.2, -0.15) is 0 Å². The van der Waals surface area contributed by atoms with E-state index < -0.39 is 103 Å². The summed E-state index contributed by atoms with van der Waals surface area (Å²) in [7, 11) is 0. The van der Waals surface area contributed by atoms with Crippen LogP contribution >= 0.6 is 0 Å². The van der Waals surface area contributed by atoms with Crippen molar-refractivity contribution in [3.63, 3.8) is 0 Å². The molecule has 0 saturated heterocycles. The Labute approximate surface area is 370 Å². The monoisotopic (exact) mass is 916 g/mol. The molecular weight excluding hydrogens is 847 g/mol. The predicted molar refractivity (Wildman–Crippen MR) is 233 cm³/mol. The molecule has 0 aromatic carbocycles. The molecule has 0 aromatic rings. The van der Waals surface area contributed by atoms with E-state index in [1.54, 1.807) is 13.8 Å². The summed E-state index contributed by atoms with van der Waals surface area (Å²) in [5, 5.41) is 83.5. The van der Waals surface area contributed by atoms with Gasteiger partial charge in [0.25, 0.3) is 0 Å². The summed E-state index contributed by atoms with van der Waals surface area (Å²) in [4.78, 5) is 92.2. The zero-order valence-corrected chi connectivity index (χ0v) is 36.1. The summed E-state index contributed by atoms with van der Waals surface area (Å²) in [6.45, 7) is 1.77. The van der Waals surface area contributed by atoms with Crippen LogP contribution in [0, 0.1) is 27.6 Å². The number of carboxylic acids is 1. The van der Waals surface area contributed by atoms with Crippen molar-refractivity contribution in [1.29, 1.82) is 21.6 Å². The van der Waals surface area contributed by atoms with Crippen LogP contribution in [0.15, 0.2) is 0 Å². The number of aliphatic carboxylic acids is 1. The van der Waals surface area contributed by atoms with Crippen LogP contribution < -0.4 is 81.8 Å². The van der Waals surface area contributed by atoms with Crippen LogP contribution in [-0.4, -0.2) is 162 Å². The smallest absolute Gasteiger partial charge is 0.326 e. The Morgan fingerprint density at radius 1 is 0.453 bits per heavy atom. The van der Waals surface area contributed by atoms with Crippen molar-refractivity contribution in [2.45, 2.75) is 108 Å². The van der Waals surface area contributed by atoms with Gasteiger partial charge in [0.15, 0.2) is 23.8 Å². The van der Waals surface area contributed by atoms with Crippen molar-refractivity contribution in [2.75, 3.05) is 39.4 Å². The van der Waals surface area contributed by atoms with Gasteiger partial charge in [0.2, 0.25) is 35.4 Å². The number of carbonyl (C=O) groups is 7. The molecule has 0 aliphatic rings. The van der Waals surface area contributed by atoms with Gasteiger partial charge in [0.05, 0.1) is 19.3 Å². The molecule has 6 amide bonds. The fraction of sp³-hybridized carbons (Fsp3) is 0.686. The second-order valence-corrected chi connectivity index (χ2v) is 14.8. The number of amides is 6. The van der Waals surface area contributed by atoms with Gasteiger partial charge >= 0.3 is 5.97 Å². The molecule has 7 atom stereocenters. The van der Waals surface area contributed by atoms with E-state index >= 15 is 0 Å². The van der Waals surface area contributed by atoms with Crippen LogP contribution in [0.1, 0.15) is 65.2 Å². The van der Waals surface area contributed by atoms with E-state index in [2.05, 4.69) is 53.2 Å². The van der Waals surface area contributed by atoms with E-state index in [1.807, 2.05) is 0 Å². The zero-order chi connectivity index (χ0) is 48.9. The summed E-state index contributed by atoms with van der Waals surface area (Å²) < 4.78 is 0. The normalized spacial score (nSPS) is 14.0. The Morgan fingerprint density at radius 2 is 0.750 bits per heavy atom. The van der Waals surface area contributed by atoms with Gasteiger partial charge in [0.1, 0.15) is 36.3 Å². The van der Waals surface area contributed by atoms with Gasteiger partial charge in [-0.05, 0) is 57.3 Å². The molecule has 64 heavy (non-hydrogen) atoms. The average Bonchev–Trinajstić information content (AvgIpc) is 3.21. The van der Waals surface area contributed by atoms with Crippen molar-refractivity contribution in [1.82, 2.24) is 53.2 Å². The highest BCUT2D eigenvalue weighted by molar-refractivity contribution is 5.97. The molecule has 0 rings (SSSR count). The molecule has 29 nitrogen and oxygen atoms in total. The first kappa shape index (κ1) is 57.2. The van der Waals surface area contributed by atoms with Crippen LogP contribution in [0.2, 0.25) is 0 Å². The molecule has 0 spiro atoms. The summed E-state index contributed by atoms with van der Waals surface area (Å²) in [5.41, 5.74) is 27.2. The highest BCUT2D eigenvalue weighted by atomic mass is 16.4. The van der Waals surface area contributed by atoms with Crippen molar-refractivity contribution in [2.24, 2.45) is 34.6 Å². The molecular formula is C35H69N19O10. The molecule has 0 heterocycles. The molecule has 27 N–H and O–H groups in total. The largest absolute Gasteiger partial charge is 0.480 e. The second kappa shape index (κ2) is 31.1. The lowest BCUT2D eigenvalue weighted by Gasteiger charge is -2.28. The van der Waals surface area contributed by atoms with E-state index in [9.17, 15) is 48.9 Å². The summed E-state index contributed by atoms with van der Waals surface area (Å²) >= 11 is 0. The Morgan fingerprint density at radius 3 is 1.08 bits per heavy atom. The fourth-order valence-corrected chi connectivity index (χ4v) is 5.59. The minimum atomic E-state index is -1.70. The van der Waals surface area contributed by atoms with Crippen molar-refractivity contribution < 1.29 is 48.9 Å². The maximum absolute atomic E-state index is 13.9. The highest BCUT2D eigenvalue weighted by Gasteiger charge is 2.34. The first-order valence-corrected chi connectivity index (χ1v) is 20.4. The van der Waals surface area contributed by atoms with E-state index in [-0.39, 0.29) is 95.0 Å². The fourth-order valence-electron chi connectivity index (χ4n) is 5.59. The molecule has 0 aromatic heterocycles. The number of aliphatic hydroxyl groups is 2. The quantitative estimate of drug-likeness (QED) is 0.0169. The maximum Gasteiger partial charge on any atom is 0.326 e. The number of rotatable bonds is 32. The van der Waals surface area contributed by atoms with E-state index in [0.717, 1.165) is 0 Å². The SMILES string of the molecule is CC(C)[C@H](NC(=O)[C@@H](N)CCCNC(=N)N)C(=O)N[C@@H](CO)C(=O)N[C@@H](CCCNC(=N)N)C(=O)N[C@@H](CCCNC(=N)N)C(=O)N[C@@H](CO)C(=O)N[C@@H](CCCNC(=N)N)C(=O)O. The Hall–Kier alpha value is -6.75. The molecule has 0 fully saturated rings. The Kier molecular flexibility index (Phi) is 27.9. The first-order valence-electron chi connectivity index (χ1n) is 20.4. The van der Waals surface area contributed by atoms with Gasteiger partial charge < -0.3 is 97.2 Å². The van der Waals surface area contributed by atoms with Gasteiger partial charge in [-0.3, -0.25) is 50.4 Å². The van der Waals surface area contributed by atoms with Crippen molar-refractivity contribution in [3.8, 4) is 0 Å². The van der Waals surface area contributed by atoms with Crippen LogP contribution in [0.4, 0.5) is 0 Å². The van der Waals surface area contributed by atoms with Crippen LogP contribution in [0.5, 0.6) is 0 Å². The van der Waals surface area contributed by atoms with Gasteiger partial charge in [-0.1, -0.05) is 13.8 Å². The first-order chi connectivity index (χ1) is 30.0. The molecule has 0 aliphatic carbocycles. The second-order valence-electron chi connectivity index (χ2n) is 14.8. The molecule has 0 bridgehead atoms. The summed E-state index contributed by atoms with van der Waals surface area (Å²) in [6, 6.07) is -10.0. The third-order valence-electron chi connectivity index (χ3n) is 9.06. The standard InChI is InChI=1S/C35H69N19O10/c1-17(2)24(54-25(57)18(36)7-3-11-45-32(37)38)30(62)53-23(16-56)28(60)50-19(8-4-12-46-33(39)40)26(58)49-20(9-5-13-47-34(41)42)27(59)52-22(15-55)29(61)51-21(31(63)64)10-6-14-48-35(43)44/h17-24,55-56H,3-16,36H2,1-2H3,(H,49,58)(H,50,60)(H,51,61)(H,52,59)(H,53,62)(H,54,57)(H,63,64)(H4,37,38,45)(H4,39,40,46)(H4,41,42,47)(H4,43,44,48)/t18-,19-,20-,21-,22-,23-,24-/m0/s1. The number of nitrogens with two attached hydrogens (primary N) is 5. The number of nitrogens with one attached hydrogen (secondary N) is 14. The number of carbonyl (C=O) groups excluding carboxylic acids is 6. The third-order valence-corrected chi connectivity index (χ3v) is 9.06. The van der Waals surface area contributed by atoms with Gasteiger partial charge in [-0.25, -0.2) is 4.79 Å². The maximum atomic E-state index is 13.9. The van der Waals surface area contributed by atoms with Crippen molar-refractivity contribution >= 4 is 65.3 Å². The Bertz CT molecular complexity index is 1600. The van der Waals surface area contributed by atoms with E-state index in [0.29, 0.717) is 6.42 Å².